The first-order valence-corrected chi connectivity index (χ1v) is 8.37. The highest BCUT2D eigenvalue weighted by Gasteiger charge is 2.18. The summed E-state index contributed by atoms with van der Waals surface area (Å²) in [4.78, 5) is 0. The van der Waals surface area contributed by atoms with Crippen LogP contribution in [0.1, 0.15) is 11.1 Å². The maximum Gasteiger partial charge on any atom is 0.0776 e. The van der Waals surface area contributed by atoms with E-state index in [-0.39, 0.29) is 0 Å². The molecule has 1 heteroatoms. The van der Waals surface area contributed by atoms with Gasteiger partial charge in [0.1, 0.15) is 0 Å². The van der Waals surface area contributed by atoms with E-state index in [0.717, 1.165) is 5.56 Å². The van der Waals surface area contributed by atoms with Crippen molar-refractivity contribution in [1.82, 2.24) is 0 Å². The first-order chi connectivity index (χ1) is 6.45. The molecule has 74 valence electrons. The second kappa shape index (κ2) is 3.97. The van der Waals surface area contributed by atoms with Crippen LogP contribution >= 0.6 is 0 Å². The van der Waals surface area contributed by atoms with Gasteiger partial charge in [-0.25, -0.2) is 0 Å². The molecule has 1 aromatic carbocycles. The van der Waals surface area contributed by atoms with E-state index in [4.69, 9.17) is 0 Å². The van der Waals surface area contributed by atoms with Crippen LogP contribution in [0.15, 0.2) is 37.4 Å². The van der Waals surface area contributed by atoms with Crippen molar-refractivity contribution in [1.29, 1.82) is 0 Å². The van der Waals surface area contributed by atoms with Crippen LogP contribution in [0.25, 0.3) is 11.3 Å². The molecule has 0 atom stereocenters. The third-order valence-corrected chi connectivity index (χ3v) is 4.50. The van der Waals surface area contributed by atoms with Crippen molar-refractivity contribution in [2.45, 2.75) is 19.6 Å². The van der Waals surface area contributed by atoms with Crippen LogP contribution in [0.3, 0.4) is 0 Å². The fourth-order valence-corrected chi connectivity index (χ4v) is 2.29. The molecule has 14 heavy (non-hydrogen) atoms. The van der Waals surface area contributed by atoms with Crippen molar-refractivity contribution in [2.24, 2.45) is 0 Å². The third-order valence-electron chi connectivity index (χ3n) is 2.40. The summed E-state index contributed by atoms with van der Waals surface area (Å²) in [6.07, 6.45) is 1.86. The van der Waals surface area contributed by atoms with Gasteiger partial charge in [0.15, 0.2) is 0 Å². The molecule has 0 saturated heterocycles. The molecular weight excluding hydrogens is 184 g/mol. The molecule has 0 aromatic heterocycles. The Bertz CT molecular complexity index is 338. The fourth-order valence-electron chi connectivity index (χ4n) is 1.25. The van der Waals surface area contributed by atoms with Crippen LogP contribution in [0, 0.1) is 0 Å². The molecule has 0 radical (unpaired) electrons. The quantitative estimate of drug-likeness (QED) is 0.644. The van der Waals surface area contributed by atoms with Crippen LogP contribution < -0.4 is 0 Å². The van der Waals surface area contributed by atoms with E-state index in [1.54, 1.807) is 0 Å². The van der Waals surface area contributed by atoms with Crippen LogP contribution in [0.5, 0.6) is 0 Å². The molecule has 1 rings (SSSR count). The van der Waals surface area contributed by atoms with Crippen LogP contribution in [-0.4, -0.2) is 8.07 Å². The number of hydrogen-bond donors (Lipinski definition) is 0. The lowest BCUT2D eigenvalue weighted by Gasteiger charge is -2.19. The second-order valence-electron chi connectivity index (χ2n) is 4.55. The molecule has 0 heterocycles. The van der Waals surface area contributed by atoms with Crippen molar-refractivity contribution in [3.05, 3.63) is 48.6 Å². The fraction of sp³-hybridized carbons (Fsp3) is 0.231. The van der Waals surface area contributed by atoms with Crippen molar-refractivity contribution in [3.63, 3.8) is 0 Å². The van der Waals surface area contributed by atoms with Gasteiger partial charge in [-0.05, 0) is 11.1 Å². The molecule has 0 saturated carbocycles. The average molecular weight is 202 g/mol. The summed E-state index contributed by atoms with van der Waals surface area (Å²) in [6.45, 7) is 14.9. The zero-order valence-electron chi connectivity index (χ0n) is 9.30. The van der Waals surface area contributed by atoms with E-state index >= 15 is 0 Å². The maximum absolute atomic E-state index is 4.19. The minimum atomic E-state index is -1.25. The molecule has 0 spiro atoms. The molecule has 1 aromatic rings. The SMILES string of the molecule is C=Cc1ccc(C(=C)[Si](C)(C)C)cc1. The molecular formula is C13H18Si. The monoisotopic (exact) mass is 202 g/mol. The molecule has 0 bridgehead atoms. The van der Waals surface area contributed by atoms with E-state index in [2.05, 4.69) is 57.1 Å². The topological polar surface area (TPSA) is 0 Å². The molecule has 0 unspecified atom stereocenters. The minimum Gasteiger partial charge on any atom is -0.0992 e. The summed E-state index contributed by atoms with van der Waals surface area (Å²) in [5, 5.41) is 1.31. The van der Waals surface area contributed by atoms with Gasteiger partial charge >= 0.3 is 0 Å². The van der Waals surface area contributed by atoms with E-state index in [1.165, 1.54) is 10.8 Å². The Hall–Kier alpha value is -1.08. The first kappa shape index (κ1) is 11.0. The number of benzene rings is 1. The van der Waals surface area contributed by atoms with E-state index in [0.29, 0.717) is 0 Å². The first-order valence-electron chi connectivity index (χ1n) is 4.87. The predicted octanol–water partition coefficient (Wildman–Crippen LogP) is 4.22. The lowest BCUT2D eigenvalue weighted by molar-refractivity contribution is 1.59. The Balaban J connectivity index is 2.98. The summed E-state index contributed by atoms with van der Waals surface area (Å²) in [6, 6.07) is 8.45. The summed E-state index contributed by atoms with van der Waals surface area (Å²) in [7, 11) is -1.25. The summed E-state index contributed by atoms with van der Waals surface area (Å²) >= 11 is 0. The lowest BCUT2D eigenvalue weighted by Crippen LogP contribution is -2.21. The number of hydrogen-bond acceptors (Lipinski definition) is 0. The van der Waals surface area contributed by atoms with Crippen LogP contribution in [0.4, 0.5) is 0 Å². The zero-order valence-corrected chi connectivity index (χ0v) is 10.3. The standard InChI is InChI=1S/C13H18Si/c1-6-12-7-9-13(10-8-12)11(2)14(3,4)5/h6-10H,1-2H2,3-5H3. The van der Waals surface area contributed by atoms with Crippen molar-refractivity contribution in [3.8, 4) is 0 Å². The van der Waals surface area contributed by atoms with Gasteiger partial charge in [-0.15, -0.1) is 0 Å². The predicted molar refractivity (Wildman–Crippen MR) is 68.9 cm³/mol. The minimum absolute atomic E-state index is 1.16. The Kier molecular flexibility index (Phi) is 3.12. The molecule has 0 N–H and O–H groups in total. The Labute approximate surface area is 88.0 Å². The summed E-state index contributed by atoms with van der Waals surface area (Å²) in [5.41, 5.74) is 2.44. The van der Waals surface area contributed by atoms with Crippen LogP contribution in [0.2, 0.25) is 19.6 Å². The highest BCUT2D eigenvalue weighted by molar-refractivity contribution is 6.93. The average Bonchev–Trinajstić information content (AvgIpc) is 2.15. The van der Waals surface area contributed by atoms with Gasteiger partial charge in [-0.1, -0.05) is 68.3 Å². The lowest BCUT2D eigenvalue weighted by atomic mass is 10.1. The molecule has 0 amide bonds. The third kappa shape index (κ3) is 2.45. The van der Waals surface area contributed by atoms with Gasteiger partial charge in [-0.3, -0.25) is 0 Å². The van der Waals surface area contributed by atoms with Gasteiger partial charge in [0.2, 0.25) is 0 Å². The Morgan fingerprint density at radius 1 is 1.14 bits per heavy atom. The molecule has 0 aliphatic carbocycles. The van der Waals surface area contributed by atoms with Crippen molar-refractivity contribution >= 4 is 19.3 Å². The van der Waals surface area contributed by atoms with Crippen LogP contribution in [-0.2, 0) is 0 Å². The second-order valence-corrected chi connectivity index (χ2v) is 9.66. The Morgan fingerprint density at radius 2 is 1.64 bits per heavy atom. The van der Waals surface area contributed by atoms with Crippen molar-refractivity contribution in [2.75, 3.05) is 0 Å². The zero-order chi connectivity index (χ0) is 10.8. The largest absolute Gasteiger partial charge is 0.0992 e. The summed E-state index contributed by atoms with van der Waals surface area (Å²) in [5.74, 6) is 0. The van der Waals surface area contributed by atoms with E-state index in [1.807, 2.05) is 6.08 Å². The smallest absolute Gasteiger partial charge is 0.0776 e. The molecule has 0 nitrogen and oxygen atoms in total. The maximum atomic E-state index is 4.19. The van der Waals surface area contributed by atoms with Gasteiger partial charge in [0.25, 0.3) is 0 Å². The number of rotatable bonds is 3. The highest BCUT2D eigenvalue weighted by Crippen LogP contribution is 2.24. The van der Waals surface area contributed by atoms with Gasteiger partial charge in [0.05, 0.1) is 8.07 Å². The molecule has 0 fully saturated rings. The highest BCUT2D eigenvalue weighted by atomic mass is 28.3. The summed E-state index contributed by atoms with van der Waals surface area (Å²) < 4.78 is 0. The normalized spacial score (nSPS) is 11.1. The van der Waals surface area contributed by atoms with Gasteiger partial charge < -0.3 is 0 Å². The van der Waals surface area contributed by atoms with Gasteiger partial charge in [0, 0.05) is 0 Å². The Morgan fingerprint density at radius 3 is 2.00 bits per heavy atom. The molecule has 0 aliphatic rings. The molecule has 0 aliphatic heterocycles. The van der Waals surface area contributed by atoms with Crippen molar-refractivity contribution < 1.29 is 0 Å². The van der Waals surface area contributed by atoms with E-state index < -0.39 is 8.07 Å². The van der Waals surface area contributed by atoms with E-state index in [9.17, 15) is 0 Å². The van der Waals surface area contributed by atoms with Gasteiger partial charge in [-0.2, -0.15) is 0 Å².